The smallest absolute Gasteiger partial charge is 0.165 e. The normalized spacial score (nSPS) is 10.7. The van der Waals surface area contributed by atoms with E-state index in [0.717, 1.165) is 11.1 Å². The molecule has 116 valence electrons. The number of phenols is 2. The van der Waals surface area contributed by atoms with Crippen molar-refractivity contribution in [2.75, 3.05) is 0 Å². The molecule has 0 aliphatic rings. The SMILES string of the molecule is Cc1cccc(-c2ccc(O)c(F)c2)c1-c1ccc(O)c(F)c1. The van der Waals surface area contributed by atoms with E-state index in [4.69, 9.17) is 0 Å². The maximum absolute atomic E-state index is 13.7. The minimum Gasteiger partial charge on any atom is -0.505 e. The Bertz CT molecular complexity index is 889. The Balaban J connectivity index is 2.24. The maximum atomic E-state index is 13.7. The molecule has 0 aliphatic carbocycles. The lowest BCUT2D eigenvalue weighted by Gasteiger charge is -2.14. The van der Waals surface area contributed by atoms with Crippen molar-refractivity contribution >= 4 is 0 Å². The van der Waals surface area contributed by atoms with Crippen LogP contribution in [0.4, 0.5) is 8.78 Å². The summed E-state index contributed by atoms with van der Waals surface area (Å²) in [6.07, 6.45) is 0. The van der Waals surface area contributed by atoms with Gasteiger partial charge in [0.25, 0.3) is 0 Å². The molecule has 0 spiro atoms. The van der Waals surface area contributed by atoms with Crippen LogP contribution >= 0.6 is 0 Å². The maximum Gasteiger partial charge on any atom is 0.165 e. The van der Waals surface area contributed by atoms with Gasteiger partial charge in [-0.25, -0.2) is 8.78 Å². The summed E-state index contributed by atoms with van der Waals surface area (Å²) in [5, 5.41) is 18.7. The molecule has 0 heterocycles. The summed E-state index contributed by atoms with van der Waals surface area (Å²) in [6, 6.07) is 13.8. The molecular formula is C19H14F2O2. The molecule has 0 unspecified atom stereocenters. The minimum absolute atomic E-state index is 0.417. The van der Waals surface area contributed by atoms with Crippen LogP contribution in [0.25, 0.3) is 22.3 Å². The van der Waals surface area contributed by atoms with Crippen LogP contribution in [0, 0.1) is 18.6 Å². The van der Waals surface area contributed by atoms with E-state index in [0.29, 0.717) is 16.7 Å². The number of halogens is 2. The number of benzene rings is 3. The standard InChI is InChI=1S/C19H14F2O2/c1-11-3-2-4-14(12-5-7-17(22)15(20)9-12)19(11)13-6-8-18(23)16(21)10-13/h2-10,22-23H,1H3. The average molecular weight is 312 g/mol. The first-order chi connectivity index (χ1) is 11.0. The van der Waals surface area contributed by atoms with Gasteiger partial charge >= 0.3 is 0 Å². The third-order valence-electron chi connectivity index (χ3n) is 3.77. The van der Waals surface area contributed by atoms with Gasteiger partial charge in [-0.1, -0.05) is 30.3 Å². The Morgan fingerprint density at radius 2 is 1.30 bits per heavy atom. The van der Waals surface area contributed by atoms with Crippen molar-refractivity contribution in [1.29, 1.82) is 0 Å². The van der Waals surface area contributed by atoms with Crippen molar-refractivity contribution in [1.82, 2.24) is 0 Å². The molecule has 0 aromatic heterocycles. The highest BCUT2D eigenvalue weighted by Gasteiger charge is 2.13. The van der Waals surface area contributed by atoms with Gasteiger partial charge in [0.2, 0.25) is 0 Å². The second-order valence-corrected chi connectivity index (χ2v) is 5.33. The van der Waals surface area contributed by atoms with Crippen LogP contribution in [0.5, 0.6) is 11.5 Å². The van der Waals surface area contributed by atoms with Gasteiger partial charge in [-0.3, -0.25) is 0 Å². The van der Waals surface area contributed by atoms with Crippen LogP contribution in [0.2, 0.25) is 0 Å². The molecule has 0 saturated carbocycles. The zero-order valence-electron chi connectivity index (χ0n) is 12.3. The second-order valence-electron chi connectivity index (χ2n) is 5.33. The monoisotopic (exact) mass is 312 g/mol. The molecule has 0 bridgehead atoms. The van der Waals surface area contributed by atoms with Gasteiger partial charge in [-0.2, -0.15) is 0 Å². The van der Waals surface area contributed by atoms with Gasteiger partial charge in [0.15, 0.2) is 23.1 Å². The van der Waals surface area contributed by atoms with Crippen LogP contribution in [-0.2, 0) is 0 Å². The van der Waals surface area contributed by atoms with Gasteiger partial charge in [0.1, 0.15) is 0 Å². The predicted molar refractivity (Wildman–Crippen MR) is 85.3 cm³/mol. The first-order valence-electron chi connectivity index (χ1n) is 7.05. The predicted octanol–water partition coefficient (Wildman–Crippen LogP) is 5.02. The van der Waals surface area contributed by atoms with Crippen molar-refractivity contribution in [2.45, 2.75) is 6.92 Å². The first kappa shape index (κ1) is 15.0. The Hall–Kier alpha value is -2.88. The average Bonchev–Trinajstić information content (AvgIpc) is 2.53. The number of rotatable bonds is 2. The van der Waals surface area contributed by atoms with E-state index in [1.54, 1.807) is 18.2 Å². The van der Waals surface area contributed by atoms with E-state index in [1.165, 1.54) is 24.3 Å². The van der Waals surface area contributed by atoms with Crippen molar-refractivity contribution in [3.63, 3.8) is 0 Å². The lowest BCUT2D eigenvalue weighted by atomic mass is 9.91. The molecular weight excluding hydrogens is 298 g/mol. The molecule has 3 aromatic carbocycles. The molecule has 0 saturated heterocycles. The van der Waals surface area contributed by atoms with Crippen LogP contribution in [0.15, 0.2) is 54.6 Å². The Morgan fingerprint density at radius 3 is 1.91 bits per heavy atom. The zero-order chi connectivity index (χ0) is 16.6. The van der Waals surface area contributed by atoms with Gasteiger partial charge in [-0.05, 0) is 59.0 Å². The van der Waals surface area contributed by atoms with E-state index < -0.39 is 23.1 Å². The Labute approximate surface area is 132 Å². The third-order valence-corrected chi connectivity index (χ3v) is 3.77. The largest absolute Gasteiger partial charge is 0.505 e. The van der Waals surface area contributed by atoms with Crippen molar-refractivity contribution in [3.05, 3.63) is 71.8 Å². The number of aromatic hydroxyl groups is 2. The summed E-state index contributed by atoms with van der Waals surface area (Å²) < 4.78 is 27.4. The summed E-state index contributed by atoms with van der Waals surface area (Å²) in [5.74, 6) is -2.27. The van der Waals surface area contributed by atoms with Crippen molar-refractivity contribution in [2.24, 2.45) is 0 Å². The van der Waals surface area contributed by atoms with Crippen LogP contribution in [0.3, 0.4) is 0 Å². The lowest BCUT2D eigenvalue weighted by Crippen LogP contribution is -1.91. The fourth-order valence-corrected chi connectivity index (χ4v) is 2.63. The highest BCUT2D eigenvalue weighted by Crippen LogP contribution is 2.37. The number of phenolic OH excluding ortho intramolecular Hbond substituents is 2. The second kappa shape index (κ2) is 5.72. The summed E-state index contributed by atoms with van der Waals surface area (Å²) in [5.41, 5.74) is 3.51. The van der Waals surface area contributed by atoms with E-state index >= 15 is 0 Å². The van der Waals surface area contributed by atoms with Crippen molar-refractivity contribution in [3.8, 4) is 33.8 Å². The first-order valence-corrected chi connectivity index (χ1v) is 7.05. The number of aryl methyl sites for hydroxylation is 1. The van der Waals surface area contributed by atoms with E-state index in [1.807, 2.05) is 19.1 Å². The molecule has 0 aliphatic heterocycles. The Kier molecular flexibility index (Phi) is 3.74. The molecule has 2 nitrogen and oxygen atoms in total. The van der Waals surface area contributed by atoms with E-state index in [9.17, 15) is 19.0 Å². The molecule has 0 radical (unpaired) electrons. The third kappa shape index (κ3) is 2.75. The summed E-state index contributed by atoms with van der Waals surface area (Å²) >= 11 is 0. The summed E-state index contributed by atoms with van der Waals surface area (Å²) in [6.45, 7) is 1.88. The summed E-state index contributed by atoms with van der Waals surface area (Å²) in [4.78, 5) is 0. The molecule has 23 heavy (non-hydrogen) atoms. The van der Waals surface area contributed by atoms with Gasteiger partial charge in [0.05, 0.1) is 0 Å². The summed E-state index contributed by atoms with van der Waals surface area (Å²) in [7, 11) is 0. The van der Waals surface area contributed by atoms with E-state index in [2.05, 4.69) is 0 Å². The van der Waals surface area contributed by atoms with Crippen LogP contribution < -0.4 is 0 Å². The molecule has 0 atom stereocenters. The fourth-order valence-electron chi connectivity index (χ4n) is 2.63. The fraction of sp³-hybridized carbons (Fsp3) is 0.0526. The molecule has 0 amide bonds. The minimum atomic E-state index is -0.716. The lowest BCUT2D eigenvalue weighted by molar-refractivity contribution is 0.432. The van der Waals surface area contributed by atoms with Crippen LogP contribution in [-0.4, -0.2) is 10.2 Å². The molecule has 4 heteroatoms. The van der Waals surface area contributed by atoms with E-state index in [-0.39, 0.29) is 0 Å². The number of hydrogen-bond donors (Lipinski definition) is 2. The molecule has 0 fully saturated rings. The molecule has 3 rings (SSSR count). The highest BCUT2D eigenvalue weighted by molar-refractivity contribution is 5.86. The van der Waals surface area contributed by atoms with Gasteiger partial charge < -0.3 is 10.2 Å². The zero-order valence-corrected chi connectivity index (χ0v) is 12.3. The van der Waals surface area contributed by atoms with Gasteiger partial charge in [-0.15, -0.1) is 0 Å². The Morgan fingerprint density at radius 1 is 0.739 bits per heavy atom. The number of hydrogen-bond acceptors (Lipinski definition) is 2. The highest BCUT2D eigenvalue weighted by atomic mass is 19.1. The molecule has 2 N–H and O–H groups in total. The molecule has 3 aromatic rings. The van der Waals surface area contributed by atoms with Crippen LogP contribution in [0.1, 0.15) is 5.56 Å². The topological polar surface area (TPSA) is 40.5 Å². The quantitative estimate of drug-likeness (QED) is 0.697. The van der Waals surface area contributed by atoms with Gasteiger partial charge in [0, 0.05) is 0 Å². The van der Waals surface area contributed by atoms with Crippen molar-refractivity contribution < 1.29 is 19.0 Å².